The molecule has 1 aromatic heterocycles. The molecule has 8 atom stereocenters. The third-order valence-corrected chi connectivity index (χ3v) is 13.4. The number of hydrogen-bond acceptors (Lipinski definition) is 5. The van der Waals surface area contributed by atoms with E-state index in [4.69, 9.17) is 0 Å². The van der Waals surface area contributed by atoms with Crippen LogP contribution in [0.4, 0.5) is 5.69 Å². The summed E-state index contributed by atoms with van der Waals surface area (Å²) in [5.74, 6) is 0.384. The number of benzene rings is 2. The molecule has 6 heteroatoms. The molecule has 226 valence electrons. The maximum Gasteiger partial charge on any atom is 0.131 e. The highest BCUT2D eigenvalue weighted by Gasteiger charge is 2.75. The topological polar surface area (TPSA) is 66.0 Å². The van der Waals surface area contributed by atoms with Gasteiger partial charge in [-0.15, -0.1) is 0 Å². The normalized spacial score (nSPS) is 40.6. The molecule has 2 bridgehead atoms. The van der Waals surface area contributed by atoms with E-state index in [-0.39, 0.29) is 29.2 Å². The molecule has 0 radical (unpaired) electrons. The molecule has 1 saturated carbocycles. The Kier molecular flexibility index (Phi) is 5.19. The van der Waals surface area contributed by atoms with Crippen LogP contribution in [-0.4, -0.2) is 69.0 Å². The van der Waals surface area contributed by atoms with Crippen LogP contribution in [0.25, 0.3) is 10.9 Å². The van der Waals surface area contributed by atoms with Crippen molar-refractivity contribution in [3.8, 4) is 0 Å². The van der Waals surface area contributed by atoms with Crippen LogP contribution in [0.15, 0.2) is 83.6 Å². The van der Waals surface area contributed by atoms with Crippen molar-refractivity contribution in [1.29, 1.82) is 0 Å². The number of rotatable bonds is 1. The molecule has 3 saturated heterocycles. The number of anilines is 1. The predicted molar refractivity (Wildman–Crippen MR) is 173 cm³/mol. The van der Waals surface area contributed by atoms with E-state index in [0.717, 1.165) is 45.4 Å². The van der Waals surface area contributed by atoms with Gasteiger partial charge in [0.25, 0.3) is 0 Å². The van der Waals surface area contributed by atoms with E-state index in [9.17, 15) is 10.2 Å². The zero-order valence-electron chi connectivity index (χ0n) is 25.7. The number of para-hydroxylation sites is 2. The smallest absolute Gasteiger partial charge is 0.131 e. The average Bonchev–Trinajstić information content (AvgIpc) is 3.69. The number of nitrogens with zero attached hydrogens (tertiary/aromatic N) is 3. The molecule has 44 heavy (non-hydrogen) atoms. The summed E-state index contributed by atoms with van der Waals surface area (Å²) in [6.07, 6.45) is 10.1. The second kappa shape index (κ2) is 8.76. The van der Waals surface area contributed by atoms with E-state index in [1.54, 1.807) is 0 Å². The molecule has 10 rings (SSSR count). The number of aromatic amines is 1. The Hall–Kier alpha value is -3.16. The fourth-order valence-corrected chi connectivity index (χ4v) is 11.5. The number of allylic oxidation sites excluding steroid dienone is 2. The van der Waals surface area contributed by atoms with Gasteiger partial charge in [-0.2, -0.15) is 0 Å². The summed E-state index contributed by atoms with van der Waals surface area (Å²) >= 11 is 0. The van der Waals surface area contributed by atoms with Gasteiger partial charge in [0.05, 0.1) is 23.6 Å². The van der Waals surface area contributed by atoms with Crippen molar-refractivity contribution < 1.29 is 10.2 Å². The minimum Gasteiger partial charge on any atom is -0.388 e. The molecule has 1 aliphatic carbocycles. The number of aliphatic hydroxyl groups excluding tert-OH is 1. The van der Waals surface area contributed by atoms with Gasteiger partial charge in [0.1, 0.15) is 5.72 Å². The van der Waals surface area contributed by atoms with Crippen LogP contribution < -0.4 is 4.90 Å². The lowest BCUT2D eigenvalue weighted by atomic mass is 9.51. The molecule has 4 fully saturated rings. The Balaban J connectivity index is 1.13. The molecular formula is C38H42N4O2. The predicted octanol–water partition coefficient (Wildman–Crippen LogP) is 5.41. The zero-order chi connectivity index (χ0) is 29.5. The Morgan fingerprint density at radius 1 is 0.977 bits per heavy atom. The highest BCUT2D eigenvalue weighted by atomic mass is 16.3. The molecule has 7 aliphatic rings. The van der Waals surface area contributed by atoms with Crippen molar-refractivity contribution in [2.75, 3.05) is 31.1 Å². The van der Waals surface area contributed by atoms with Crippen LogP contribution >= 0.6 is 0 Å². The molecule has 0 amide bonds. The molecule has 3 aromatic rings. The first-order chi connectivity index (χ1) is 21.5. The van der Waals surface area contributed by atoms with E-state index >= 15 is 0 Å². The monoisotopic (exact) mass is 586 g/mol. The molecular weight excluding hydrogens is 544 g/mol. The third kappa shape index (κ3) is 2.93. The fraction of sp³-hybridized carbons (Fsp3) is 0.474. The lowest BCUT2D eigenvalue weighted by Gasteiger charge is -2.63. The largest absolute Gasteiger partial charge is 0.388 e. The fourth-order valence-electron chi connectivity index (χ4n) is 11.5. The van der Waals surface area contributed by atoms with Gasteiger partial charge in [0.15, 0.2) is 0 Å². The van der Waals surface area contributed by atoms with Crippen molar-refractivity contribution in [3.05, 3.63) is 100 Å². The number of aromatic nitrogens is 1. The molecule has 6 nitrogen and oxygen atoms in total. The maximum absolute atomic E-state index is 12.7. The van der Waals surface area contributed by atoms with Gasteiger partial charge < -0.3 is 20.1 Å². The quantitative estimate of drug-likeness (QED) is 0.333. The summed E-state index contributed by atoms with van der Waals surface area (Å²) in [7, 11) is 0. The van der Waals surface area contributed by atoms with Crippen molar-refractivity contribution >= 4 is 16.6 Å². The molecule has 6 aliphatic heterocycles. The number of nitrogens with one attached hydrogen (secondary N) is 1. The minimum atomic E-state index is -0.880. The second-order valence-electron chi connectivity index (χ2n) is 14.6. The van der Waals surface area contributed by atoms with Crippen LogP contribution in [0.2, 0.25) is 0 Å². The van der Waals surface area contributed by atoms with Gasteiger partial charge >= 0.3 is 0 Å². The Morgan fingerprint density at radius 2 is 1.80 bits per heavy atom. The summed E-state index contributed by atoms with van der Waals surface area (Å²) in [6.45, 7) is 8.05. The summed E-state index contributed by atoms with van der Waals surface area (Å²) in [5, 5.41) is 26.8. The SMILES string of the molecule is CC=C1CN2CCc3c([nH]c4ccccc34)C2CC1C1=CN2c3ccccc3C34CCN5CC(=CC)C(CC53O)C(C1O)C24. The molecule has 3 N–H and O–H groups in total. The van der Waals surface area contributed by atoms with Crippen molar-refractivity contribution in [2.24, 2.45) is 17.8 Å². The molecule has 1 spiro atoms. The van der Waals surface area contributed by atoms with Crippen molar-refractivity contribution in [2.45, 2.75) is 68.9 Å². The number of H-pyrrole nitrogens is 1. The van der Waals surface area contributed by atoms with Gasteiger partial charge in [-0.25, -0.2) is 0 Å². The third-order valence-electron chi connectivity index (χ3n) is 13.4. The number of aliphatic hydroxyl groups is 2. The Morgan fingerprint density at radius 3 is 2.66 bits per heavy atom. The second-order valence-corrected chi connectivity index (χ2v) is 14.6. The molecule has 2 aromatic carbocycles. The standard InChI is InChI=1S/C38H42N4O2/c1-3-22-19-40-15-13-25-24-9-5-7-11-30(24)39-34(25)32(40)17-26(22)28-21-42-31-12-8-6-10-29(31)37-14-16-41-20-23(4-2)27(18-38(37,41)44)33(35(28)43)36(37)42/h3-12,21,26-27,32-33,35-36,39,43-44H,13-20H2,1-2H3. The lowest BCUT2D eigenvalue weighted by Crippen LogP contribution is -2.73. The van der Waals surface area contributed by atoms with Crippen LogP contribution in [0, 0.1) is 17.8 Å². The highest BCUT2D eigenvalue weighted by Crippen LogP contribution is 2.69. The molecule has 7 heterocycles. The van der Waals surface area contributed by atoms with E-state index < -0.39 is 11.8 Å². The van der Waals surface area contributed by atoms with Gasteiger partial charge in [-0.05, 0) is 74.3 Å². The zero-order valence-corrected chi connectivity index (χ0v) is 25.7. The van der Waals surface area contributed by atoms with E-state index in [0.29, 0.717) is 12.5 Å². The molecule has 8 unspecified atom stereocenters. The Bertz CT molecular complexity index is 1820. The Labute approximate surface area is 259 Å². The van der Waals surface area contributed by atoms with Gasteiger partial charge in [-0.1, -0.05) is 59.7 Å². The number of hydrogen-bond donors (Lipinski definition) is 3. The summed E-state index contributed by atoms with van der Waals surface area (Å²) < 4.78 is 0. The average molecular weight is 587 g/mol. The van der Waals surface area contributed by atoms with Crippen molar-refractivity contribution in [1.82, 2.24) is 14.8 Å². The lowest BCUT2D eigenvalue weighted by molar-refractivity contribution is -0.191. The van der Waals surface area contributed by atoms with Gasteiger partial charge in [0.2, 0.25) is 0 Å². The summed E-state index contributed by atoms with van der Waals surface area (Å²) in [4.78, 5) is 11.4. The first-order valence-corrected chi connectivity index (χ1v) is 16.9. The number of fused-ring (bicyclic) bond motifs is 9. The van der Waals surface area contributed by atoms with Gasteiger partial charge in [0, 0.05) is 66.5 Å². The highest BCUT2D eigenvalue weighted by molar-refractivity contribution is 5.85. The summed E-state index contributed by atoms with van der Waals surface area (Å²) in [5.41, 5.74) is 9.34. The summed E-state index contributed by atoms with van der Waals surface area (Å²) in [6, 6.07) is 17.9. The van der Waals surface area contributed by atoms with E-state index in [1.165, 1.54) is 50.1 Å². The first kappa shape index (κ1) is 26.1. The minimum absolute atomic E-state index is 0.0419. The van der Waals surface area contributed by atoms with Crippen LogP contribution in [-0.2, 0) is 11.8 Å². The van der Waals surface area contributed by atoms with Gasteiger partial charge in [-0.3, -0.25) is 9.80 Å². The first-order valence-electron chi connectivity index (χ1n) is 16.9. The van der Waals surface area contributed by atoms with Crippen molar-refractivity contribution in [3.63, 3.8) is 0 Å². The van der Waals surface area contributed by atoms with E-state index in [1.807, 2.05) is 0 Å². The number of piperidine rings is 2. The van der Waals surface area contributed by atoms with Crippen LogP contribution in [0.5, 0.6) is 0 Å². The van der Waals surface area contributed by atoms with Crippen LogP contribution in [0.1, 0.15) is 56.0 Å². The maximum atomic E-state index is 12.7. The van der Waals surface area contributed by atoms with E-state index in [2.05, 4.69) is 100 Å². The van der Waals surface area contributed by atoms with Crippen LogP contribution in [0.3, 0.4) is 0 Å².